The predicted octanol–water partition coefficient (Wildman–Crippen LogP) is 1.35. The fourth-order valence-electron chi connectivity index (χ4n) is 2.98. The fourth-order valence-corrected chi connectivity index (χ4v) is 3.64. The van der Waals surface area contributed by atoms with Crippen LogP contribution in [0.4, 0.5) is 0 Å². The van der Waals surface area contributed by atoms with Crippen LogP contribution in [0, 0.1) is 11.8 Å². The minimum Gasteiger partial charge on any atom is -0.393 e. The number of aliphatic hydroxyl groups excluding tert-OH is 1. The quantitative estimate of drug-likeness (QED) is 0.823. The second kappa shape index (κ2) is 3.85. The summed E-state index contributed by atoms with van der Waals surface area (Å²) in [5.41, 5.74) is 0. The van der Waals surface area contributed by atoms with E-state index in [0.717, 1.165) is 32.0 Å². The summed E-state index contributed by atoms with van der Waals surface area (Å²) in [6.07, 6.45) is 4.04. The van der Waals surface area contributed by atoms with Crippen LogP contribution in [0.2, 0.25) is 0 Å². The fraction of sp³-hybridized carbons (Fsp3) is 0.727. The van der Waals surface area contributed by atoms with Gasteiger partial charge in [-0.05, 0) is 18.8 Å². The summed E-state index contributed by atoms with van der Waals surface area (Å²) in [6.45, 7) is 3.18. The molecule has 1 aliphatic carbocycles. The van der Waals surface area contributed by atoms with Crippen molar-refractivity contribution in [2.45, 2.75) is 25.5 Å². The van der Waals surface area contributed by atoms with Gasteiger partial charge in [0.15, 0.2) is 0 Å². The van der Waals surface area contributed by atoms with E-state index >= 15 is 0 Å². The highest BCUT2D eigenvalue weighted by Gasteiger charge is 2.41. The molecule has 0 aromatic carbocycles. The maximum atomic E-state index is 9.80. The van der Waals surface area contributed by atoms with Crippen LogP contribution in [-0.4, -0.2) is 34.2 Å². The van der Waals surface area contributed by atoms with E-state index in [9.17, 15) is 5.11 Å². The lowest BCUT2D eigenvalue weighted by molar-refractivity contribution is 0.123. The molecule has 1 saturated heterocycles. The molecule has 0 radical (unpaired) electrons. The largest absolute Gasteiger partial charge is 0.393 e. The smallest absolute Gasteiger partial charge is 0.107 e. The minimum atomic E-state index is -0.0451. The molecule has 2 heterocycles. The van der Waals surface area contributed by atoms with Gasteiger partial charge in [-0.1, -0.05) is 0 Å². The van der Waals surface area contributed by atoms with Crippen molar-refractivity contribution in [2.75, 3.05) is 13.1 Å². The molecular formula is C11H16N2OS. The lowest BCUT2D eigenvalue weighted by Crippen LogP contribution is -2.24. The number of rotatable bonds is 2. The number of fused-ring (bicyclic) bond motifs is 1. The lowest BCUT2D eigenvalue weighted by Gasteiger charge is -2.16. The third-order valence-electron chi connectivity index (χ3n) is 3.74. The first-order valence-corrected chi connectivity index (χ1v) is 6.49. The number of likely N-dealkylation sites (tertiary alicyclic amines) is 1. The Kier molecular flexibility index (Phi) is 2.50. The third-order valence-corrected chi connectivity index (χ3v) is 4.50. The highest BCUT2D eigenvalue weighted by atomic mass is 32.1. The zero-order valence-corrected chi connectivity index (χ0v) is 9.49. The van der Waals surface area contributed by atoms with E-state index < -0.39 is 0 Å². The molecule has 0 bridgehead atoms. The number of hydrogen-bond donors (Lipinski definition) is 1. The number of hydrogen-bond acceptors (Lipinski definition) is 4. The van der Waals surface area contributed by atoms with Crippen molar-refractivity contribution in [3.8, 4) is 0 Å². The molecule has 3 atom stereocenters. The minimum absolute atomic E-state index is 0.0451. The number of aliphatic hydroxyl groups is 1. The average molecular weight is 224 g/mol. The predicted molar refractivity (Wildman–Crippen MR) is 59.6 cm³/mol. The molecule has 2 aliphatic rings. The van der Waals surface area contributed by atoms with Crippen molar-refractivity contribution < 1.29 is 5.11 Å². The summed E-state index contributed by atoms with van der Waals surface area (Å²) in [4.78, 5) is 6.75. The molecule has 3 rings (SSSR count). The standard InChI is InChI=1S/C11H16N2OS/c14-10-2-1-8-5-13(6-9(8)10)7-11-12-3-4-15-11/h3-4,8-10,14H,1-2,5-7H2. The van der Waals surface area contributed by atoms with Gasteiger partial charge >= 0.3 is 0 Å². The van der Waals surface area contributed by atoms with Crippen LogP contribution in [-0.2, 0) is 6.54 Å². The first-order valence-electron chi connectivity index (χ1n) is 5.62. The van der Waals surface area contributed by atoms with Gasteiger partial charge in [0, 0.05) is 30.6 Å². The van der Waals surface area contributed by atoms with Crippen LogP contribution in [0.25, 0.3) is 0 Å². The molecule has 15 heavy (non-hydrogen) atoms. The van der Waals surface area contributed by atoms with Crippen molar-refractivity contribution in [2.24, 2.45) is 11.8 Å². The average Bonchev–Trinajstić information content (AvgIpc) is 2.88. The van der Waals surface area contributed by atoms with Crippen LogP contribution in [0.3, 0.4) is 0 Å². The van der Waals surface area contributed by atoms with Crippen molar-refractivity contribution in [1.82, 2.24) is 9.88 Å². The molecule has 4 heteroatoms. The molecule has 1 aromatic heterocycles. The maximum absolute atomic E-state index is 9.80. The topological polar surface area (TPSA) is 36.4 Å². The van der Waals surface area contributed by atoms with Gasteiger partial charge in [0.1, 0.15) is 5.01 Å². The van der Waals surface area contributed by atoms with E-state index in [1.54, 1.807) is 11.3 Å². The Labute approximate surface area is 93.8 Å². The van der Waals surface area contributed by atoms with Crippen molar-refractivity contribution in [3.05, 3.63) is 16.6 Å². The molecule has 2 fully saturated rings. The van der Waals surface area contributed by atoms with E-state index in [1.165, 1.54) is 11.4 Å². The zero-order chi connectivity index (χ0) is 10.3. The van der Waals surface area contributed by atoms with E-state index in [-0.39, 0.29) is 6.10 Å². The highest BCUT2D eigenvalue weighted by Crippen LogP contribution is 2.38. The Balaban J connectivity index is 1.62. The van der Waals surface area contributed by atoms with Crippen LogP contribution in [0.1, 0.15) is 17.8 Å². The molecular weight excluding hydrogens is 208 g/mol. The SMILES string of the molecule is OC1CCC2CN(Cc3nccs3)CC12. The lowest BCUT2D eigenvalue weighted by atomic mass is 10.00. The Hall–Kier alpha value is -0.450. The summed E-state index contributed by atoms with van der Waals surface area (Å²) in [6, 6.07) is 0. The first kappa shape index (κ1) is 9.75. The number of nitrogens with zero attached hydrogens (tertiary/aromatic N) is 2. The van der Waals surface area contributed by atoms with Gasteiger partial charge in [-0.15, -0.1) is 11.3 Å². The summed E-state index contributed by atoms with van der Waals surface area (Å²) < 4.78 is 0. The monoisotopic (exact) mass is 224 g/mol. The van der Waals surface area contributed by atoms with Crippen molar-refractivity contribution in [3.63, 3.8) is 0 Å². The van der Waals surface area contributed by atoms with Gasteiger partial charge in [0.05, 0.1) is 12.6 Å². The first-order chi connectivity index (χ1) is 7.33. The molecule has 0 spiro atoms. The second-order valence-corrected chi connectivity index (χ2v) is 5.67. The van der Waals surface area contributed by atoms with E-state index in [1.807, 2.05) is 11.6 Å². The van der Waals surface area contributed by atoms with Gasteiger partial charge < -0.3 is 5.11 Å². The Morgan fingerprint density at radius 3 is 3.13 bits per heavy atom. The van der Waals surface area contributed by atoms with Gasteiger partial charge in [-0.3, -0.25) is 4.90 Å². The molecule has 82 valence electrons. The van der Waals surface area contributed by atoms with E-state index in [0.29, 0.717) is 5.92 Å². The second-order valence-electron chi connectivity index (χ2n) is 4.69. The maximum Gasteiger partial charge on any atom is 0.107 e. The van der Waals surface area contributed by atoms with E-state index in [4.69, 9.17) is 0 Å². The zero-order valence-electron chi connectivity index (χ0n) is 8.67. The van der Waals surface area contributed by atoms with Crippen LogP contribution in [0.5, 0.6) is 0 Å². The number of aromatic nitrogens is 1. The van der Waals surface area contributed by atoms with Crippen molar-refractivity contribution >= 4 is 11.3 Å². The molecule has 3 unspecified atom stereocenters. The summed E-state index contributed by atoms with van der Waals surface area (Å²) in [5, 5.41) is 13.0. The highest BCUT2D eigenvalue weighted by molar-refractivity contribution is 7.09. The molecule has 1 aliphatic heterocycles. The summed E-state index contributed by atoms with van der Waals surface area (Å²) in [5.74, 6) is 1.27. The molecule has 0 amide bonds. The Morgan fingerprint density at radius 1 is 1.47 bits per heavy atom. The van der Waals surface area contributed by atoms with Crippen LogP contribution >= 0.6 is 11.3 Å². The number of thiazole rings is 1. The molecule has 1 N–H and O–H groups in total. The molecule has 1 aromatic rings. The van der Waals surface area contributed by atoms with Crippen molar-refractivity contribution in [1.29, 1.82) is 0 Å². The van der Waals surface area contributed by atoms with E-state index in [2.05, 4.69) is 9.88 Å². The Bertz CT molecular complexity index is 327. The summed E-state index contributed by atoms with van der Waals surface area (Å²) >= 11 is 1.72. The van der Waals surface area contributed by atoms with Crippen LogP contribution < -0.4 is 0 Å². The third kappa shape index (κ3) is 1.82. The van der Waals surface area contributed by atoms with Gasteiger partial charge in [-0.25, -0.2) is 4.98 Å². The Morgan fingerprint density at radius 2 is 2.40 bits per heavy atom. The van der Waals surface area contributed by atoms with Gasteiger partial charge in [0.2, 0.25) is 0 Å². The normalized spacial score (nSPS) is 35.9. The van der Waals surface area contributed by atoms with Gasteiger partial charge in [-0.2, -0.15) is 0 Å². The molecule has 3 nitrogen and oxygen atoms in total. The van der Waals surface area contributed by atoms with Gasteiger partial charge in [0.25, 0.3) is 0 Å². The molecule has 1 saturated carbocycles. The van der Waals surface area contributed by atoms with Crippen LogP contribution in [0.15, 0.2) is 11.6 Å². The summed E-state index contributed by atoms with van der Waals surface area (Å²) in [7, 11) is 0.